The molecule has 1 unspecified atom stereocenters. The molecule has 0 fully saturated rings. The molecule has 0 aliphatic heterocycles. The summed E-state index contributed by atoms with van der Waals surface area (Å²) in [6.45, 7) is 1.76. The Hall–Kier alpha value is -2.01. The van der Waals surface area contributed by atoms with Gasteiger partial charge in [-0.15, -0.1) is 0 Å². The molecule has 2 aromatic rings. The molecule has 0 amide bonds. The number of nitrogens with two attached hydrogens (primary N) is 1. The highest BCUT2D eigenvalue weighted by Gasteiger charge is 2.12. The van der Waals surface area contributed by atoms with Crippen molar-refractivity contribution in [3.63, 3.8) is 0 Å². The number of rotatable bonds is 3. The van der Waals surface area contributed by atoms with Crippen molar-refractivity contribution in [2.45, 2.75) is 13.0 Å². The summed E-state index contributed by atoms with van der Waals surface area (Å²) in [5.74, 6) is -1.27. The molecule has 0 saturated carbocycles. The lowest BCUT2D eigenvalue weighted by Crippen LogP contribution is -2.07. The molecule has 2 rings (SSSR count). The van der Waals surface area contributed by atoms with E-state index in [0.717, 1.165) is 18.2 Å². The third-order valence-electron chi connectivity index (χ3n) is 2.39. The van der Waals surface area contributed by atoms with Gasteiger partial charge in [-0.25, -0.2) is 13.8 Å². The van der Waals surface area contributed by atoms with Crippen LogP contribution in [0.2, 0.25) is 0 Å². The van der Waals surface area contributed by atoms with Gasteiger partial charge in [-0.1, -0.05) is 6.07 Å². The van der Waals surface area contributed by atoms with E-state index >= 15 is 0 Å². The van der Waals surface area contributed by atoms with Gasteiger partial charge in [0.05, 0.1) is 0 Å². The molecule has 0 aliphatic rings. The van der Waals surface area contributed by atoms with Gasteiger partial charge < -0.3 is 10.5 Å². The van der Waals surface area contributed by atoms with E-state index in [1.165, 1.54) is 6.20 Å². The summed E-state index contributed by atoms with van der Waals surface area (Å²) in [5.41, 5.74) is 6.37. The van der Waals surface area contributed by atoms with Crippen LogP contribution in [-0.4, -0.2) is 4.98 Å². The first-order valence-corrected chi connectivity index (χ1v) is 5.41. The monoisotopic (exact) mass is 250 g/mol. The summed E-state index contributed by atoms with van der Waals surface area (Å²) in [5, 5.41) is 0. The zero-order valence-electron chi connectivity index (χ0n) is 9.73. The van der Waals surface area contributed by atoms with Gasteiger partial charge in [0.15, 0.2) is 11.6 Å². The summed E-state index contributed by atoms with van der Waals surface area (Å²) in [6, 6.07) is 6.10. The topological polar surface area (TPSA) is 48.1 Å². The van der Waals surface area contributed by atoms with Crippen molar-refractivity contribution in [3.05, 3.63) is 53.7 Å². The molecule has 0 aliphatic carbocycles. The number of hydrogen-bond donors (Lipinski definition) is 1. The quantitative estimate of drug-likeness (QED) is 0.910. The number of benzene rings is 1. The SMILES string of the molecule is CC(N)c1cccnc1Oc1cc(F)ccc1F. The van der Waals surface area contributed by atoms with Crippen molar-refractivity contribution in [3.8, 4) is 11.6 Å². The van der Waals surface area contributed by atoms with Gasteiger partial charge in [-0.2, -0.15) is 0 Å². The van der Waals surface area contributed by atoms with Crippen LogP contribution in [0.1, 0.15) is 18.5 Å². The van der Waals surface area contributed by atoms with Gasteiger partial charge in [0.1, 0.15) is 5.82 Å². The summed E-state index contributed by atoms with van der Waals surface area (Å²) >= 11 is 0. The fourth-order valence-electron chi connectivity index (χ4n) is 1.49. The van der Waals surface area contributed by atoms with Gasteiger partial charge >= 0.3 is 0 Å². The smallest absolute Gasteiger partial charge is 0.224 e. The van der Waals surface area contributed by atoms with Gasteiger partial charge in [0, 0.05) is 23.9 Å². The number of nitrogens with zero attached hydrogens (tertiary/aromatic N) is 1. The zero-order chi connectivity index (χ0) is 13.1. The van der Waals surface area contributed by atoms with Crippen LogP contribution in [0.4, 0.5) is 8.78 Å². The lowest BCUT2D eigenvalue weighted by atomic mass is 10.1. The van der Waals surface area contributed by atoms with Crippen molar-refractivity contribution in [1.29, 1.82) is 0 Å². The number of pyridine rings is 1. The Bertz CT molecular complexity index is 558. The molecule has 0 saturated heterocycles. The zero-order valence-corrected chi connectivity index (χ0v) is 9.73. The van der Waals surface area contributed by atoms with E-state index in [1.807, 2.05) is 0 Å². The molecule has 18 heavy (non-hydrogen) atoms. The number of ether oxygens (including phenoxy) is 1. The third kappa shape index (κ3) is 2.62. The normalized spacial score (nSPS) is 12.2. The first kappa shape index (κ1) is 12.4. The highest BCUT2D eigenvalue weighted by Crippen LogP contribution is 2.28. The highest BCUT2D eigenvalue weighted by molar-refractivity contribution is 5.34. The Morgan fingerprint density at radius 2 is 2.06 bits per heavy atom. The molecule has 1 aromatic carbocycles. The van der Waals surface area contributed by atoms with E-state index in [2.05, 4.69) is 4.98 Å². The van der Waals surface area contributed by atoms with Crippen LogP contribution < -0.4 is 10.5 Å². The summed E-state index contributed by atoms with van der Waals surface area (Å²) < 4.78 is 31.7. The van der Waals surface area contributed by atoms with Crippen LogP contribution in [0.15, 0.2) is 36.5 Å². The second kappa shape index (κ2) is 5.10. The molecule has 1 aromatic heterocycles. The summed E-state index contributed by atoms with van der Waals surface area (Å²) in [7, 11) is 0. The molecule has 2 N–H and O–H groups in total. The molecule has 0 bridgehead atoms. The largest absolute Gasteiger partial charge is 0.435 e. The fraction of sp³-hybridized carbons (Fsp3) is 0.154. The Kier molecular flexibility index (Phi) is 3.53. The van der Waals surface area contributed by atoms with Gasteiger partial charge in [-0.3, -0.25) is 0 Å². The minimum Gasteiger partial charge on any atom is -0.435 e. The molecule has 1 heterocycles. The van der Waals surface area contributed by atoms with Crippen LogP contribution in [0, 0.1) is 11.6 Å². The lowest BCUT2D eigenvalue weighted by molar-refractivity contribution is 0.415. The van der Waals surface area contributed by atoms with E-state index in [1.54, 1.807) is 19.1 Å². The van der Waals surface area contributed by atoms with E-state index < -0.39 is 11.6 Å². The summed E-state index contributed by atoms with van der Waals surface area (Å²) in [4.78, 5) is 3.97. The molecular weight excluding hydrogens is 238 g/mol. The third-order valence-corrected chi connectivity index (χ3v) is 2.39. The van der Waals surface area contributed by atoms with Crippen LogP contribution >= 0.6 is 0 Å². The maximum absolute atomic E-state index is 13.4. The molecule has 94 valence electrons. The van der Waals surface area contributed by atoms with E-state index in [9.17, 15) is 8.78 Å². The van der Waals surface area contributed by atoms with Crippen molar-refractivity contribution in [2.24, 2.45) is 5.73 Å². The lowest BCUT2D eigenvalue weighted by Gasteiger charge is -2.12. The second-order valence-corrected chi connectivity index (χ2v) is 3.86. The molecular formula is C13H12F2N2O. The van der Waals surface area contributed by atoms with Crippen LogP contribution in [0.5, 0.6) is 11.6 Å². The predicted octanol–water partition coefficient (Wildman–Crippen LogP) is 3.17. The molecule has 5 heteroatoms. The average Bonchev–Trinajstić information content (AvgIpc) is 2.34. The number of halogens is 2. The number of aromatic nitrogens is 1. The Labute approximate surface area is 103 Å². The molecule has 3 nitrogen and oxygen atoms in total. The Morgan fingerprint density at radius 3 is 2.78 bits per heavy atom. The van der Waals surface area contributed by atoms with Crippen LogP contribution in [-0.2, 0) is 0 Å². The highest BCUT2D eigenvalue weighted by atomic mass is 19.1. The fourth-order valence-corrected chi connectivity index (χ4v) is 1.49. The van der Waals surface area contributed by atoms with Crippen LogP contribution in [0.25, 0.3) is 0 Å². The predicted molar refractivity (Wildman–Crippen MR) is 63.3 cm³/mol. The van der Waals surface area contributed by atoms with Crippen LogP contribution in [0.3, 0.4) is 0 Å². The Balaban J connectivity index is 2.37. The van der Waals surface area contributed by atoms with E-state index in [-0.39, 0.29) is 17.7 Å². The maximum atomic E-state index is 13.4. The number of hydrogen-bond acceptors (Lipinski definition) is 3. The van der Waals surface area contributed by atoms with Crippen molar-refractivity contribution in [2.75, 3.05) is 0 Å². The van der Waals surface area contributed by atoms with Gasteiger partial charge in [-0.05, 0) is 25.1 Å². The average molecular weight is 250 g/mol. The minimum absolute atomic E-state index is 0.178. The van der Waals surface area contributed by atoms with Crippen molar-refractivity contribution < 1.29 is 13.5 Å². The first-order valence-electron chi connectivity index (χ1n) is 5.41. The van der Waals surface area contributed by atoms with Crippen molar-refractivity contribution in [1.82, 2.24) is 4.98 Å². The summed E-state index contributed by atoms with van der Waals surface area (Å²) in [6.07, 6.45) is 1.50. The molecule has 0 spiro atoms. The maximum Gasteiger partial charge on any atom is 0.224 e. The van der Waals surface area contributed by atoms with Gasteiger partial charge in [0.2, 0.25) is 5.88 Å². The standard InChI is InChI=1S/C13H12F2N2O/c1-8(16)10-3-2-6-17-13(10)18-12-7-9(14)4-5-11(12)15/h2-8H,16H2,1H3. The minimum atomic E-state index is -0.655. The Morgan fingerprint density at radius 1 is 1.28 bits per heavy atom. The first-order chi connectivity index (χ1) is 8.58. The van der Waals surface area contributed by atoms with Crippen molar-refractivity contribution >= 4 is 0 Å². The molecule has 0 radical (unpaired) electrons. The van der Waals surface area contributed by atoms with E-state index in [4.69, 9.17) is 10.5 Å². The van der Waals surface area contributed by atoms with Gasteiger partial charge in [0.25, 0.3) is 0 Å². The van der Waals surface area contributed by atoms with E-state index in [0.29, 0.717) is 5.56 Å². The second-order valence-electron chi connectivity index (χ2n) is 3.86. The molecule has 1 atom stereocenters.